The lowest BCUT2D eigenvalue weighted by Gasteiger charge is -2.04. The molecular formula is C10H11N3O2. The number of aromatic nitrogens is 1. The molecule has 0 saturated heterocycles. The Kier molecular flexibility index (Phi) is 4.67. The van der Waals surface area contributed by atoms with Crippen LogP contribution in [0.2, 0.25) is 0 Å². The third-order valence-electron chi connectivity index (χ3n) is 1.58. The van der Waals surface area contributed by atoms with Crippen LogP contribution in [0.3, 0.4) is 0 Å². The zero-order chi connectivity index (χ0) is 10.9. The highest BCUT2D eigenvalue weighted by Crippen LogP contribution is 1.95. The zero-order valence-electron chi connectivity index (χ0n) is 8.14. The lowest BCUT2D eigenvalue weighted by atomic mass is 10.4. The van der Waals surface area contributed by atoms with Gasteiger partial charge >= 0.3 is 6.09 Å². The fourth-order valence-corrected chi connectivity index (χ4v) is 0.894. The van der Waals surface area contributed by atoms with Crippen LogP contribution in [-0.2, 0) is 11.3 Å². The normalized spacial score (nSPS) is 9.00. The molecule has 0 radical (unpaired) electrons. The summed E-state index contributed by atoms with van der Waals surface area (Å²) in [4.78, 5) is 15.0. The summed E-state index contributed by atoms with van der Waals surface area (Å²) in [6, 6.07) is 7.29. The van der Waals surface area contributed by atoms with Gasteiger partial charge < -0.3 is 10.1 Å². The van der Waals surface area contributed by atoms with Crippen LogP contribution in [0.4, 0.5) is 4.79 Å². The molecule has 0 unspecified atom stereocenters. The van der Waals surface area contributed by atoms with E-state index in [4.69, 9.17) is 10.00 Å². The van der Waals surface area contributed by atoms with Crippen molar-refractivity contribution in [1.82, 2.24) is 10.3 Å². The average Bonchev–Trinajstić information content (AvgIpc) is 2.28. The lowest BCUT2D eigenvalue weighted by molar-refractivity contribution is 0.138. The van der Waals surface area contributed by atoms with Gasteiger partial charge in [0, 0.05) is 12.7 Å². The van der Waals surface area contributed by atoms with Crippen LogP contribution >= 0.6 is 0 Å². The maximum atomic E-state index is 11.0. The van der Waals surface area contributed by atoms with Crippen molar-refractivity contribution in [3.05, 3.63) is 30.1 Å². The van der Waals surface area contributed by atoms with E-state index in [0.717, 1.165) is 0 Å². The maximum Gasteiger partial charge on any atom is 0.407 e. The van der Waals surface area contributed by atoms with Crippen molar-refractivity contribution < 1.29 is 9.53 Å². The predicted molar refractivity (Wildman–Crippen MR) is 52.7 cm³/mol. The SMILES string of the molecule is N#CCCNC(=O)OCc1ccccn1. The first-order valence-corrected chi connectivity index (χ1v) is 4.50. The molecule has 1 N–H and O–H groups in total. The fraction of sp³-hybridized carbons (Fsp3) is 0.300. The minimum atomic E-state index is -0.532. The molecule has 0 aliphatic rings. The van der Waals surface area contributed by atoms with Gasteiger partial charge in [-0.05, 0) is 12.1 Å². The number of nitrogens with zero attached hydrogens (tertiary/aromatic N) is 2. The number of carbonyl (C=O) groups excluding carboxylic acids is 1. The van der Waals surface area contributed by atoms with E-state index in [1.165, 1.54) is 0 Å². The van der Waals surface area contributed by atoms with E-state index in [2.05, 4.69) is 10.3 Å². The van der Waals surface area contributed by atoms with Crippen molar-refractivity contribution in [3.63, 3.8) is 0 Å². The van der Waals surface area contributed by atoms with E-state index >= 15 is 0 Å². The molecule has 5 nitrogen and oxygen atoms in total. The summed E-state index contributed by atoms with van der Waals surface area (Å²) in [5.74, 6) is 0. The van der Waals surface area contributed by atoms with Gasteiger partial charge in [0.1, 0.15) is 6.61 Å². The summed E-state index contributed by atoms with van der Waals surface area (Å²) in [7, 11) is 0. The topological polar surface area (TPSA) is 75.0 Å². The second kappa shape index (κ2) is 6.38. The van der Waals surface area contributed by atoms with E-state index in [-0.39, 0.29) is 13.0 Å². The molecule has 5 heteroatoms. The summed E-state index contributed by atoms with van der Waals surface area (Å²) in [5.41, 5.74) is 0.688. The van der Waals surface area contributed by atoms with Gasteiger partial charge in [-0.15, -0.1) is 0 Å². The fourth-order valence-electron chi connectivity index (χ4n) is 0.894. The predicted octanol–water partition coefficient (Wildman–Crippen LogP) is 1.22. The Hall–Kier alpha value is -2.09. The monoisotopic (exact) mass is 205 g/mol. The van der Waals surface area contributed by atoms with E-state index in [1.807, 2.05) is 12.1 Å². The quantitative estimate of drug-likeness (QED) is 0.750. The Morgan fingerprint density at radius 3 is 3.13 bits per heavy atom. The van der Waals surface area contributed by atoms with E-state index in [9.17, 15) is 4.79 Å². The highest BCUT2D eigenvalue weighted by Gasteiger charge is 2.01. The molecule has 1 rings (SSSR count). The van der Waals surface area contributed by atoms with Crippen molar-refractivity contribution in [3.8, 4) is 6.07 Å². The smallest absolute Gasteiger partial charge is 0.407 e. The summed E-state index contributed by atoms with van der Waals surface area (Å²) < 4.78 is 4.85. The van der Waals surface area contributed by atoms with Crippen LogP contribution < -0.4 is 5.32 Å². The van der Waals surface area contributed by atoms with Gasteiger partial charge in [-0.3, -0.25) is 4.98 Å². The largest absolute Gasteiger partial charge is 0.443 e. The number of nitrogens with one attached hydrogen (secondary N) is 1. The molecular weight excluding hydrogens is 194 g/mol. The van der Waals surface area contributed by atoms with E-state index in [0.29, 0.717) is 12.2 Å². The Bertz CT molecular complexity index is 345. The lowest BCUT2D eigenvalue weighted by Crippen LogP contribution is -2.25. The minimum absolute atomic E-state index is 0.138. The number of hydrogen-bond donors (Lipinski definition) is 1. The number of hydrogen-bond acceptors (Lipinski definition) is 4. The second-order valence-corrected chi connectivity index (χ2v) is 2.73. The third-order valence-corrected chi connectivity index (χ3v) is 1.58. The maximum absolute atomic E-state index is 11.0. The number of ether oxygens (including phenoxy) is 1. The van der Waals surface area contributed by atoms with Crippen LogP contribution in [0.1, 0.15) is 12.1 Å². The Morgan fingerprint density at radius 2 is 2.47 bits per heavy atom. The standard InChI is InChI=1S/C10H11N3O2/c11-5-3-7-13-10(14)15-8-9-4-1-2-6-12-9/h1-2,4,6H,3,7-8H2,(H,13,14). The third kappa shape index (κ3) is 4.62. The number of carbonyl (C=O) groups is 1. The van der Waals surface area contributed by atoms with Crippen LogP contribution in [0, 0.1) is 11.3 Å². The van der Waals surface area contributed by atoms with Crippen molar-refractivity contribution in [2.24, 2.45) is 0 Å². The molecule has 0 spiro atoms. The molecule has 1 aromatic heterocycles. The molecule has 1 amide bonds. The Labute approximate surface area is 87.7 Å². The molecule has 0 aromatic carbocycles. The number of rotatable bonds is 4. The van der Waals surface area contributed by atoms with Gasteiger partial charge in [0.05, 0.1) is 18.2 Å². The molecule has 0 aliphatic heterocycles. The van der Waals surface area contributed by atoms with Gasteiger partial charge in [0.2, 0.25) is 0 Å². The van der Waals surface area contributed by atoms with E-state index < -0.39 is 6.09 Å². The van der Waals surface area contributed by atoms with Crippen molar-refractivity contribution in [2.75, 3.05) is 6.54 Å². The van der Waals surface area contributed by atoms with Gasteiger partial charge in [-0.1, -0.05) is 6.07 Å². The highest BCUT2D eigenvalue weighted by molar-refractivity contribution is 5.67. The van der Waals surface area contributed by atoms with Gasteiger partial charge in [0.15, 0.2) is 0 Å². The first kappa shape index (κ1) is 11.0. The number of nitriles is 1. The van der Waals surface area contributed by atoms with Crippen molar-refractivity contribution in [2.45, 2.75) is 13.0 Å². The van der Waals surface area contributed by atoms with Gasteiger partial charge in [-0.25, -0.2) is 4.79 Å². The van der Waals surface area contributed by atoms with E-state index in [1.54, 1.807) is 18.3 Å². The molecule has 1 heterocycles. The summed E-state index contributed by atoms with van der Waals surface area (Å²) in [6.07, 6.45) is 1.38. The Balaban J connectivity index is 2.20. The van der Waals surface area contributed by atoms with Crippen LogP contribution in [0.5, 0.6) is 0 Å². The molecule has 0 fully saturated rings. The molecule has 15 heavy (non-hydrogen) atoms. The molecule has 1 aromatic rings. The first-order valence-electron chi connectivity index (χ1n) is 4.50. The summed E-state index contributed by atoms with van der Waals surface area (Å²) in [5, 5.41) is 10.7. The molecule has 0 bridgehead atoms. The first-order chi connectivity index (χ1) is 7.33. The molecule has 0 saturated carbocycles. The van der Waals surface area contributed by atoms with Gasteiger partial charge in [0.25, 0.3) is 0 Å². The number of alkyl carbamates (subject to hydrolysis) is 1. The number of amides is 1. The Morgan fingerprint density at radius 1 is 1.60 bits per heavy atom. The second-order valence-electron chi connectivity index (χ2n) is 2.73. The van der Waals surface area contributed by atoms with Crippen LogP contribution in [-0.4, -0.2) is 17.6 Å². The summed E-state index contributed by atoms with van der Waals surface area (Å²) in [6.45, 7) is 0.441. The number of pyridine rings is 1. The molecule has 78 valence electrons. The van der Waals surface area contributed by atoms with Crippen LogP contribution in [0.15, 0.2) is 24.4 Å². The average molecular weight is 205 g/mol. The van der Waals surface area contributed by atoms with Crippen molar-refractivity contribution in [1.29, 1.82) is 5.26 Å². The minimum Gasteiger partial charge on any atom is -0.443 e. The molecule has 0 atom stereocenters. The van der Waals surface area contributed by atoms with Gasteiger partial charge in [-0.2, -0.15) is 5.26 Å². The van der Waals surface area contributed by atoms with Crippen molar-refractivity contribution >= 4 is 6.09 Å². The highest BCUT2D eigenvalue weighted by atomic mass is 16.5. The van der Waals surface area contributed by atoms with Crippen LogP contribution in [0.25, 0.3) is 0 Å². The molecule has 0 aliphatic carbocycles. The zero-order valence-corrected chi connectivity index (χ0v) is 8.14. The summed E-state index contributed by atoms with van der Waals surface area (Å²) >= 11 is 0.